The van der Waals surface area contributed by atoms with Gasteiger partial charge in [0, 0.05) is 24.3 Å². The van der Waals surface area contributed by atoms with Crippen molar-refractivity contribution in [2.24, 2.45) is 0 Å². The summed E-state index contributed by atoms with van der Waals surface area (Å²) in [5.41, 5.74) is 1.87. The number of halogens is 1. The largest absolute Gasteiger partial charge is 0.454 e. The van der Waals surface area contributed by atoms with Gasteiger partial charge in [-0.05, 0) is 35.7 Å². The van der Waals surface area contributed by atoms with Crippen molar-refractivity contribution >= 4 is 17.5 Å². The summed E-state index contributed by atoms with van der Waals surface area (Å²) in [5.74, 6) is 0.893. The first-order valence-corrected chi connectivity index (χ1v) is 8.79. The van der Waals surface area contributed by atoms with E-state index < -0.39 is 5.91 Å². The zero-order valence-corrected chi connectivity index (χ0v) is 15.3. The van der Waals surface area contributed by atoms with Crippen LogP contribution in [0.5, 0.6) is 11.5 Å². The van der Waals surface area contributed by atoms with Gasteiger partial charge in [0.15, 0.2) is 11.5 Å². The van der Waals surface area contributed by atoms with Crippen molar-refractivity contribution in [3.63, 3.8) is 0 Å². The zero-order chi connectivity index (χ0) is 19.1. The van der Waals surface area contributed by atoms with Crippen LogP contribution in [0.1, 0.15) is 11.1 Å². The van der Waals surface area contributed by atoms with Crippen molar-refractivity contribution in [3.8, 4) is 17.6 Å². The van der Waals surface area contributed by atoms with Crippen LogP contribution in [0.15, 0.2) is 54.2 Å². The fourth-order valence-electron chi connectivity index (χ4n) is 2.56. The lowest BCUT2D eigenvalue weighted by Crippen LogP contribution is -2.25. The van der Waals surface area contributed by atoms with Gasteiger partial charge in [0.2, 0.25) is 6.79 Å². The number of rotatable bonds is 7. The number of ether oxygens (including phenoxy) is 2. The third-order valence-corrected chi connectivity index (χ3v) is 4.37. The summed E-state index contributed by atoms with van der Waals surface area (Å²) in [5, 5.41) is 15.6. The molecule has 0 saturated heterocycles. The van der Waals surface area contributed by atoms with Crippen LogP contribution < -0.4 is 20.1 Å². The first kappa shape index (κ1) is 18.6. The summed E-state index contributed by atoms with van der Waals surface area (Å²) >= 11 is 6.10. The molecule has 27 heavy (non-hydrogen) atoms. The molecular weight excluding hydrogens is 366 g/mol. The van der Waals surface area contributed by atoms with Gasteiger partial charge in [-0.3, -0.25) is 4.79 Å². The normalized spacial score (nSPS) is 12.4. The molecule has 0 atom stereocenters. The zero-order valence-electron chi connectivity index (χ0n) is 14.5. The summed E-state index contributed by atoms with van der Waals surface area (Å²) in [6.45, 7) is 1.05. The van der Waals surface area contributed by atoms with Gasteiger partial charge in [-0.25, -0.2) is 0 Å². The lowest BCUT2D eigenvalue weighted by atomic mass is 10.1. The molecule has 0 spiro atoms. The molecule has 0 saturated carbocycles. The van der Waals surface area contributed by atoms with Crippen molar-refractivity contribution in [1.82, 2.24) is 10.6 Å². The van der Waals surface area contributed by atoms with Crippen LogP contribution in [-0.4, -0.2) is 19.2 Å². The standard InChI is InChI=1S/C20H18ClN3O3/c21-17-4-2-1-3-15(17)7-8-23-12-16(10-22)20(25)24-11-14-5-6-18-19(9-14)27-13-26-18/h1-6,9,12,23H,7-8,11,13H2,(H,24,25)/b16-12-. The van der Waals surface area contributed by atoms with Gasteiger partial charge in [0.05, 0.1) is 0 Å². The molecule has 1 heterocycles. The van der Waals surface area contributed by atoms with Gasteiger partial charge in [-0.15, -0.1) is 0 Å². The topological polar surface area (TPSA) is 83.4 Å². The molecule has 2 aromatic rings. The van der Waals surface area contributed by atoms with E-state index in [1.165, 1.54) is 6.20 Å². The number of carbonyl (C=O) groups excluding carboxylic acids is 1. The first-order valence-electron chi connectivity index (χ1n) is 8.41. The molecule has 0 fully saturated rings. The highest BCUT2D eigenvalue weighted by Crippen LogP contribution is 2.32. The molecule has 3 rings (SSSR count). The quantitative estimate of drug-likeness (QED) is 0.436. The molecule has 0 unspecified atom stereocenters. The van der Waals surface area contributed by atoms with E-state index in [9.17, 15) is 10.1 Å². The Balaban J connectivity index is 1.49. The monoisotopic (exact) mass is 383 g/mol. The van der Waals surface area contributed by atoms with Gasteiger partial charge in [0.25, 0.3) is 5.91 Å². The van der Waals surface area contributed by atoms with E-state index in [1.54, 1.807) is 12.1 Å². The SMILES string of the molecule is N#C/C(=C/NCCc1ccccc1Cl)C(=O)NCc1ccc2c(c1)OCO2. The maximum atomic E-state index is 12.2. The van der Waals surface area contributed by atoms with Gasteiger partial charge in [-0.2, -0.15) is 5.26 Å². The highest BCUT2D eigenvalue weighted by atomic mass is 35.5. The highest BCUT2D eigenvalue weighted by molar-refractivity contribution is 6.31. The predicted octanol–water partition coefficient (Wildman–Crippen LogP) is 2.92. The van der Waals surface area contributed by atoms with Crippen LogP contribution in [0.4, 0.5) is 0 Å². The molecule has 6 nitrogen and oxygen atoms in total. The Bertz CT molecular complexity index is 906. The maximum absolute atomic E-state index is 12.2. The Morgan fingerprint density at radius 2 is 2.04 bits per heavy atom. The van der Waals surface area contributed by atoms with Crippen molar-refractivity contribution < 1.29 is 14.3 Å². The van der Waals surface area contributed by atoms with E-state index in [4.69, 9.17) is 21.1 Å². The van der Waals surface area contributed by atoms with Gasteiger partial charge < -0.3 is 20.1 Å². The van der Waals surface area contributed by atoms with Gasteiger partial charge in [0.1, 0.15) is 11.6 Å². The Hall–Kier alpha value is -3.17. The summed E-state index contributed by atoms with van der Waals surface area (Å²) in [4.78, 5) is 12.2. The van der Waals surface area contributed by atoms with Crippen molar-refractivity contribution in [1.29, 1.82) is 5.26 Å². The lowest BCUT2D eigenvalue weighted by molar-refractivity contribution is -0.117. The number of hydrogen-bond donors (Lipinski definition) is 2. The Morgan fingerprint density at radius 1 is 1.22 bits per heavy atom. The molecule has 0 bridgehead atoms. The molecule has 0 aromatic heterocycles. The van der Waals surface area contributed by atoms with Crippen LogP contribution >= 0.6 is 11.6 Å². The molecule has 0 radical (unpaired) electrons. The van der Waals surface area contributed by atoms with E-state index in [0.29, 0.717) is 29.5 Å². The van der Waals surface area contributed by atoms with E-state index in [-0.39, 0.29) is 18.9 Å². The van der Waals surface area contributed by atoms with Crippen molar-refractivity contribution in [3.05, 3.63) is 70.4 Å². The molecule has 7 heteroatoms. The third kappa shape index (κ3) is 4.93. The highest BCUT2D eigenvalue weighted by Gasteiger charge is 2.14. The molecule has 1 aliphatic heterocycles. The average Bonchev–Trinajstić information content (AvgIpc) is 3.15. The minimum Gasteiger partial charge on any atom is -0.454 e. The van der Waals surface area contributed by atoms with Gasteiger partial charge >= 0.3 is 0 Å². The molecule has 1 aliphatic rings. The molecule has 2 N–H and O–H groups in total. The van der Waals surface area contributed by atoms with E-state index in [1.807, 2.05) is 36.4 Å². The van der Waals surface area contributed by atoms with E-state index >= 15 is 0 Å². The second-order valence-corrected chi connectivity index (χ2v) is 6.24. The summed E-state index contributed by atoms with van der Waals surface area (Å²) in [7, 11) is 0. The minimum atomic E-state index is -0.444. The smallest absolute Gasteiger partial charge is 0.263 e. The van der Waals surface area contributed by atoms with Crippen LogP contribution in [0.2, 0.25) is 5.02 Å². The number of nitrogens with zero attached hydrogens (tertiary/aromatic N) is 1. The van der Waals surface area contributed by atoms with E-state index in [0.717, 1.165) is 11.1 Å². The Morgan fingerprint density at radius 3 is 2.85 bits per heavy atom. The molecule has 2 aromatic carbocycles. The Labute approximate surface area is 162 Å². The molecule has 0 aliphatic carbocycles. The van der Waals surface area contributed by atoms with Crippen LogP contribution in [0.3, 0.4) is 0 Å². The van der Waals surface area contributed by atoms with Crippen molar-refractivity contribution in [2.45, 2.75) is 13.0 Å². The molecule has 1 amide bonds. The number of fused-ring (bicyclic) bond motifs is 1. The lowest BCUT2D eigenvalue weighted by Gasteiger charge is -2.07. The van der Waals surface area contributed by atoms with Crippen LogP contribution in [0, 0.1) is 11.3 Å². The van der Waals surface area contributed by atoms with Crippen molar-refractivity contribution in [2.75, 3.05) is 13.3 Å². The minimum absolute atomic E-state index is 0.00917. The number of nitrogens with one attached hydrogen (secondary N) is 2. The maximum Gasteiger partial charge on any atom is 0.263 e. The second kappa shape index (κ2) is 8.97. The fraction of sp³-hybridized carbons (Fsp3) is 0.200. The van der Waals surface area contributed by atoms with E-state index in [2.05, 4.69) is 10.6 Å². The van der Waals surface area contributed by atoms with Crippen LogP contribution in [-0.2, 0) is 17.8 Å². The van der Waals surface area contributed by atoms with Gasteiger partial charge in [-0.1, -0.05) is 35.9 Å². The molecule has 138 valence electrons. The third-order valence-electron chi connectivity index (χ3n) is 4.00. The fourth-order valence-corrected chi connectivity index (χ4v) is 2.79. The number of nitriles is 1. The summed E-state index contributed by atoms with van der Waals surface area (Å²) < 4.78 is 10.6. The number of carbonyl (C=O) groups is 1. The number of amides is 1. The van der Waals surface area contributed by atoms with Crippen LogP contribution in [0.25, 0.3) is 0 Å². The Kier molecular flexibility index (Phi) is 6.18. The number of benzene rings is 2. The second-order valence-electron chi connectivity index (χ2n) is 5.84. The number of hydrogen-bond acceptors (Lipinski definition) is 5. The predicted molar refractivity (Wildman–Crippen MR) is 101 cm³/mol. The summed E-state index contributed by atoms with van der Waals surface area (Å²) in [6.07, 6.45) is 2.11. The first-order chi connectivity index (χ1) is 13.2. The average molecular weight is 384 g/mol. The molecular formula is C20H18ClN3O3. The summed E-state index contributed by atoms with van der Waals surface area (Å²) in [6, 6.07) is 14.9.